The Labute approximate surface area is 129 Å². The first kappa shape index (κ1) is 17.2. The van der Waals surface area contributed by atoms with Crippen LogP contribution in [-0.2, 0) is 9.53 Å². The maximum Gasteiger partial charge on any atom is 0.341 e. The Morgan fingerprint density at radius 2 is 2.05 bits per heavy atom. The van der Waals surface area contributed by atoms with E-state index in [9.17, 15) is 19.3 Å². The summed E-state index contributed by atoms with van der Waals surface area (Å²) < 4.78 is 22.9. The average Bonchev–Trinajstić information content (AvgIpc) is 2.40. The van der Waals surface area contributed by atoms with Gasteiger partial charge in [0.25, 0.3) is 0 Å². The number of nitrogens with zero attached hydrogens (tertiary/aromatic N) is 1. The molecule has 6 nitrogen and oxygen atoms in total. The van der Waals surface area contributed by atoms with Crippen molar-refractivity contribution in [1.82, 2.24) is 0 Å². The van der Waals surface area contributed by atoms with E-state index in [1.807, 2.05) is 0 Å². The van der Waals surface area contributed by atoms with E-state index in [0.29, 0.717) is 0 Å². The molecule has 0 aliphatic heterocycles. The predicted molar refractivity (Wildman–Crippen MR) is 74.9 cm³/mol. The molecule has 21 heavy (non-hydrogen) atoms. The van der Waals surface area contributed by atoms with Gasteiger partial charge >= 0.3 is 11.7 Å². The molecule has 0 saturated heterocycles. The molecule has 0 saturated carbocycles. The van der Waals surface area contributed by atoms with Gasteiger partial charge < -0.3 is 9.47 Å². The molecule has 1 aromatic rings. The van der Waals surface area contributed by atoms with Gasteiger partial charge in [-0.15, -0.1) is 0 Å². The number of halogens is 3. The third-order valence-corrected chi connectivity index (χ3v) is 2.78. The SMILES string of the molecule is CCOC(=O)C(=C(Cl)Cl)c1cc([N+](=O)[O-])c(OC)cc1F. The van der Waals surface area contributed by atoms with Crippen molar-refractivity contribution in [2.75, 3.05) is 13.7 Å². The number of benzene rings is 1. The zero-order valence-corrected chi connectivity index (χ0v) is 12.5. The number of hydrogen-bond donors (Lipinski definition) is 0. The van der Waals surface area contributed by atoms with Crippen LogP contribution in [0.25, 0.3) is 5.57 Å². The Balaban J connectivity index is 3.54. The number of hydrogen-bond acceptors (Lipinski definition) is 5. The summed E-state index contributed by atoms with van der Waals surface area (Å²) in [5, 5.41) is 10.9. The summed E-state index contributed by atoms with van der Waals surface area (Å²) in [6.07, 6.45) is 0. The van der Waals surface area contributed by atoms with Crippen molar-refractivity contribution in [3.05, 3.63) is 38.1 Å². The summed E-state index contributed by atoms with van der Waals surface area (Å²) >= 11 is 11.1. The topological polar surface area (TPSA) is 78.7 Å². The van der Waals surface area contributed by atoms with E-state index in [0.717, 1.165) is 19.2 Å². The third-order valence-electron chi connectivity index (χ3n) is 2.40. The fourth-order valence-corrected chi connectivity index (χ4v) is 1.89. The van der Waals surface area contributed by atoms with E-state index in [-0.39, 0.29) is 12.4 Å². The highest BCUT2D eigenvalue weighted by molar-refractivity contribution is 6.61. The number of carbonyl (C=O) groups is 1. The van der Waals surface area contributed by atoms with Crippen LogP contribution in [-0.4, -0.2) is 24.6 Å². The minimum atomic E-state index is -0.990. The summed E-state index contributed by atoms with van der Waals surface area (Å²) in [5.41, 5.74) is -1.48. The lowest BCUT2D eigenvalue weighted by Crippen LogP contribution is -2.09. The smallest absolute Gasteiger partial charge is 0.341 e. The Bertz CT molecular complexity index is 614. The molecule has 0 spiro atoms. The number of carbonyl (C=O) groups excluding carboxylic acids is 1. The summed E-state index contributed by atoms with van der Waals surface area (Å²) in [7, 11) is 1.15. The summed E-state index contributed by atoms with van der Waals surface area (Å²) in [5.74, 6) is -2.25. The van der Waals surface area contributed by atoms with Crippen molar-refractivity contribution in [2.45, 2.75) is 6.92 Å². The molecule has 0 bridgehead atoms. The van der Waals surface area contributed by atoms with Gasteiger partial charge in [0.05, 0.1) is 18.6 Å². The van der Waals surface area contributed by atoms with Crippen molar-refractivity contribution >= 4 is 40.4 Å². The quantitative estimate of drug-likeness (QED) is 0.356. The summed E-state index contributed by atoms with van der Waals surface area (Å²) in [6, 6.07) is 1.58. The van der Waals surface area contributed by atoms with Gasteiger partial charge in [0.2, 0.25) is 0 Å². The fourth-order valence-electron chi connectivity index (χ4n) is 1.53. The van der Waals surface area contributed by atoms with Gasteiger partial charge in [0.1, 0.15) is 15.9 Å². The van der Waals surface area contributed by atoms with E-state index in [2.05, 4.69) is 0 Å². The number of ether oxygens (including phenoxy) is 2. The zero-order valence-electron chi connectivity index (χ0n) is 11.0. The van der Waals surface area contributed by atoms with Crippen LogP contribution in [0.5, 0.6) is 5.75 Å². The lowest BCUT2D eigenvalue weighted by atomic mass is 10.1. The minimum Gasteiger partial charge on any atom is -0.490 e. The lowest BCUT2D eigenvalue weighted by Gasteiger charge is -2.10. The van der Waals surface area contributed by atoms with Gasteiger partial charge in [0, 0.05) is 17.7 Å². The molecule has 0 unspecified atom stereocenters. The van der Waals surface area contributed by atoms with Gasteiger partial charge in [0.15, 0.2) is 5.75 Å². The largest absolute Gasteiger partial charge is 0.490 e. The number of nitro groups is 1. The molecular formula is C12H10Cl2FNO5. The monoisotopic (exact) mass is 337 g/mol. The number of methoxy groups -OCH3 is 1. The molecule has 0 radical (unpaired) electrons. The molecule has 0 fully saturated rings. The second-order valence-electron chi connectivity index (χ2n) is 3.62. The Morgan fingerprint density at radius 3 is 2.48 bits per heavy atom. The molecule has 0 N–H and O–H groups in total. The maximum atomic E-state index is 14.0. The standard InChI is InChI=1S/C12H10Cl2FNO5/c1-3-21-12(17)10(11(13)14)6-4-8(16(18)19)9(20-2)5-7(6)15/h4-5H,3H2,1-2H3. The highest BCUT2D eigenvalue weighted by Crippen LogP contribution is 2.35. The minimum absolute atomic E-state index is 0.00323. The van der Waals surface area contributed by atoms with Gasteiger partial charge in [-0.1, -0.05) is 23.2 Å². The first-order valence-electron chi connectivity index (χ1n) is 5.58. The van der Waals surface area contributed by atoms with Crippen molar-refractivity contribution in [3.63, 3.8) is 0 Å². The maximum absolute atomic E-state index is 14.0. The van der Waals surface area contributed by atoms with Gasteiger partial charge in [-0.2, -0.15) is 0 Å². The van der Waals surface area contributed by atoms with Gasteiger partial charge in [-0.05, 0) is 6.92 Å². The second-order valence-corrected chi connectivity index (χ2v) is 4.57. The van der Waals surface area contributed by atoms with E-state index in [1.54, 1.807) is 0 Å². The van der Waals surface area contributed by atoms with Crippen LogP contribution in [0.1, 0.15) is 12.5 Å². The van der Waals surface area contributed by atoms with Crippen molar-refractivity contribution in [1.29, 1.82) is 0 Å². The van der Waals surface area contributed by atoms with Gasteiger partial charge in [-0.3, -0.25) is 10.1 Å². The predicted octanol–water partition coefficient (Wildman–Crippen LogP) is 3.45. The lowest BCUT2D eigenvalue weighted by molar-refractivity contribution is -0.385. The molecule has 0 aliphatic carbocycles. The first-order chi connectivity index (χ1) is 9.83. The average molecular weight is 338 g/mol. The van der Waals surface area contributed by atoms with Crippen LogP contribution in [0.4, 0.5) is 10.1 Å². The van der Waals surface area contributed by atoms with E-state index < -0.39 is 38.0 Å². The highest BCUT2D eigenvalue weighted by atomic mass is 35.5. The second kappa shape index (κ2) is 7.24. The third kappa shape index (κ3) is 3.83. The van der Waals surface area contributed by atoms with Gasteiger partial charge in [-0.25, -0.2) is 9.18 Å². The molecule has 1 rings (SSSR count). The Hall–Kier alpha value is -1.86. The van der Waals surface area contributed by atoms with Crippen LogP contribution in [0.3, 0.4) is 0 Å². The Kier molecular flexibility index (Phi) is 5.92. The number of rotatable bonds is 5. The van der Waals surface area contributed by atoms with E-state index in [1.165, 1.54) is 6.92 Å². The van der Waals surface area contributed by atoms with Crippen LogP contribution < -0.4 is 4.74 Å². The molecule has 0 aromatic heterocycles. The molecule has 0 aliphatic rings. The van der Waals surface area contributed by atoms with E-state index in [4.69, 9.17) is 32.7 Å². The molecule has 114 valence electrons. The normalized spacial score (nSPS) is 9.95. The molecule has 0 atom stereocenters. The fraction of sp³-hybridized carbons (Fsp3) is 0.250. The summed E-state index contributed by atoms with van der Waals surface area (Å²) in [6.45, 7) is 1.54. The Morgan fingerprint density at radius 1 is 1.43 bits per heavy atom. The molecule has 9 heteroatoms. The molecule has 0 heterocycles. The molecule has 1 aromatic carbocycles. The van der Waals surface area contributed by atoms with Crippen molar-refractivity contribution < 1.29 is 23.6 Å². The summed E-state index contributed by atoms with van der Waals surface area (Å²) in [4.78, 5) is 21.9. The molecular weight excluding hydrogens is 328 g/mol. The molecule has 0 amide bonds. The first-order valence-corrected chi connectivity index (χ1v) is 6.33. The number of esters is 1. The van der Waals surface area contributed by atoms with Crippen LogP contribution in [0.15, 0.2) is 16.6 Å². The highest BCUT2D eigenvalue weighted by Gasteiger charge is 2.26. The van der Waals surface area contributed by atoms with Crippen LogP contribution in [0.2, 0.25) is 0 Å². The number of nitro benzene ring substituents is 1. The van der Waals surface area contributed by atoms with Crippen LogP contribution >= 0.6 is 23.2 Å². The van der Waals surface area contributed by atoms with Crippen molar-refractivity contribution in [3.8, 4) is 5.75 Å². The van der Waals surface area contributed by atoms with E-state index >= 15 is 0 Å². The zero-order chi connectivity index (χ0) is 16.2. The van der Waals surface area contributed by atoms with Crippen LogP contribution in [0, 0.1) is 15.9 Å². The van der Waals surface area contributed by atoms with Crippen molar-refractivity contribution in [2.24, 2.45) is 0 Å².